The Kier molecular flexibility index (Phi) is 5.33. The molecule has 1 unspecified atom stereocenters. The van der Waals surface area contributed by atoms with Gasteiger partial charge >= 0.3 is 0 Å². The minimum Gasteiger partial charge on any atom is -0.376 e. The van der Waals surface area contributed by atoms with Crippen LogP contribution in [0.4, 0.5) is 5.69 Å². The van der Waals surface area contributed by atoms with Gasteiger partial charge in [0.05, 0.1) is 21.8 Å². The first kappa shape index (κ1) is 16.1. The number of nitrogens with one attached hydrogen (secondary N) is 1. The van der Waals surface area contributed by atoms with E-state index in [1.54, 1.807) is 30.3 Å². The Labute approximate surface area is 142 Å². The van der Waals surface area contributed by atoms with Crippen LogP contribution >= 0.6 is 58.0 Å². The zero-order valence-electron chi connectivity index (χ0n) is 10.4. The largest absolute Gasteiger partial charge is 0.376 e. The quantitative estimate of drug-likeness (QED) is 0.607. The highest BCUT2D eigenvalue weighted by molar-refractivity contribution is 6.41. The molecule has 1 nitrogen and oxygen atoms in total. The lowest BCUT2D eigenvalue weighted by molar-refractivity contribution is 0.885. The van der Waals surface area contributed by atoms with Crippen molar-refractivity contribution < 1.29 is 0 Å². The van der Waals surface area contributed by atoms with Crippen molar-refractivity contribution in [2.75, 3.05) is 5.32 Å². The lowest BCUT2D eigenvalue weighted by Crippen LogP contribution is -2.08. The average Bonchev–Trinajstić information content (AvgIpc) is 2.36. The van der Waals surface area contributed by atoms with Gasteiger partial charge in [0.25, 0.3) is 0 Å². The van der Waals surface area contributed by atoms with Crippen LogP contribution in [0.5, 0.6) is 0 Å². The fraction of sp³-hybridized carbons (Fsp3) is 0.143. The molecule has 0 amide bonds. The van der Waals surface area contributed by atoms with Crippen molar-refractivity contribution in [3.05, 3.63) is 61.0 Å². The van der Waals surface area contributed by atoms with E-state index < -0.39 is 0 Å². The average molecular weight is 370 g/mol. The number of hydrogen-bond acceptors (Lipinski definition) is 1. The van der Waals surface area contributed by atoms with Gasteiger partial charge in [-0.25, -0.2) is 0 Å². The fourth-order valence-electron chi connectivity index (χ4n) is 1.82. The lowest BCUT2D eigenvalue weighted by Gasteiger charge is -2.19. The van der Waals surface area contributed by atoms with E-state index in [2.05, 4.69) is 5.32 Å². The SMILES string of the molecule is CC(Nc1c(Cl)cc(Cl)cc1Cl)c1cc(Cl)ccc1Cl. The molecule has 0 bridgehead atoms. The second-order valence-electron chi connectivity index (χ2n) is 4.28. The maximum atomic E-state index is 6.18. The van der Waals surface area contributed by atoms with Gasteiger partial charge in [-0.1, -0.05) is 58.0 Å². The molecule has 2 aromatic rings. The lowest BCUT2D eigenvalue weighted by atomic mass is 10.1. The Morgan fingerprint density at radius 2 is 1.40 bits per heavy atom. The summed E-state index contributed by atoms with van der Waals surface area (Å²) in [7, 11) is 0. The summed E-state index contributed by atoms with van der Waals surface area (Å²) in [5.74, 6) is 0. The van der Waals surface area contributed by atoms with Gasteiger partial charge in [-0.15, -0.1) is 0 Å². The van der Waals surface area contributed by atoms with E-state index in [0.717, 1.165) is 5.56 Å². The maximum absolute atomic E-state index is 6.18. The summed E-state index contributed by atoms with van der Waals surface area (Å²) in [6.45, 7) is 1.94. The molecule has 6 heteroatoms. The summed E-state index contributed by atoms with van der Waals surface area (Å²) in [6.07, 6.45) is 0. The van der Waals surface area contributed by atoms with Gasteiger partial charge in [-0.2, -0.15) is 0 Å². The van der Waals surface area contributed by atoms with E-state index >= 15 is 0 Å². The van der Waals surface area contributed by atoms with Gasteiger partial charge < -0.3 is 5.32 Å². The predicted molar refractivity (Wildman–Crippen MR) is 90.0 cm³/mol. The van der Waals surface area contributed by atoms with Crippen LogP contribution in [0.25, 0.3) is 0 Å². The molecule has 2 aromatic carbocycles. The fourth-order valence-corrected chi connectivity index (χ4v) is 3.21. The second-order valence-corrected chi connectivity index (χ2v) is 6.37. The van der Waals surface area contributed by atoms with Crippen LogP contribution in [0.1, 0.15) is 18.5 Å². The number of halogens is 5. The van der Waals surface area contributed by atoms with E-state index in [4.69, 9.17) is 58.0 Å². The Hall–Kier alpha value is -0.310. The Balaban J connectivity index is 2.32. The van der Waals surface area contributed by atoms with Crippen LogP contribution < -0.4 is 5.32 Å². The van der Waals surface area contributed by atoms with E-state index in [1.165, 1.54) is 0 Å². The molecule has 0 saturated carbocycles. The van der Waals surface area contributed by atoms with Gasteiger partial charge in [-0.3, -0.25) is 0 Å². The summed E-state index contributed by atoms with van der Waals surface area (Å²) in [5, 5.41) is 5.85. The Morgan fingerprint density at radius 1 is 0.800 bits per heavy atom. The van der Waals surface area contributed by atoms with Gasteiger partial charge in [0.2, 0.25) is 0 Å². The van der Waals surface area contributed by atoms with Crippen molar-refractivity contribution in [2.45, 2.75) is 13.0 Å². The van der Waals surface area contributed by atoms with Gasteiger partial charge in [0.15, 0.2) is 0 Å². The van der Waals surface area contributed by atoms with Crippen molar-refractivity contribution >= 4 is 63.7 Å². The van der Waals surface area contributed by atoms with Crippen LogP contribution in [-0.4, -0.2) is 0 Å². The minimum absolute atomic E-state index is 0.114. The molecule has 0 fully saturated rings. The molecular weight excluding hydrogens is 359 g/mol. The van der Waals surface area contributed by atoms with Crippen molar-refractivity contribution in [3.63, 3.8) is 0 Å². The summed E-state index contributed by atoms with van der Waals surface area (Å²) in [6, 6.07) is 8.44. The molecule has 0 aliphatic carbocycles. The standard InChI is InChI=1S/C14H10Cl5N/c1-7(10-4-8(15)2-3-11(10)17)20-14-12(18)5-9(16)6-13(14)19/h2-7,20H,1H3. The molecule has 1 N–H and O–H groups in total. The molecular formula is C14H10Cl5N. The second kappa shape index (κ2) is 6.64. The summed E-state index contributed by atoms with van der Waals surface area (Å²) >= 11 is 30.3. The van der Waals surface area contributed by atoms with Gasteiger partial charge in [0.1, 0.15) is 0 Å². The maximum Gasteiger partial charge on any atom is 0.0724 e. The van der Waals surface area contributed by atoms with Crippen molar-refractivity contribution in [1.29, 1.82) is 0 Å². The summed E-state index contributed by atoms with van der Waals surface area (Å²) in [5.41, 5.74) is 1.47. The number of hydrogen-bond donors (Lipinski definition) is 1. The van der Waals surface area contributed by atoms with Crippen LogP contribution in [0.3, 0.4) is 0 Å². The van der Waals surface area contributed by atoms with Gasteiger partial charge in [0, 0.05) is 15.1 Å². The van der Waals surface area contributed by atoms with Crippen molar-refractivity contribution in [2.24, 2.45) is 0 Å². The molecule has 0 aliphatic rings. The molecule has 1 atom stereocenters. The molecule has 0 aromatic heterocycles. The Bertz CT molecular complexity index is 618. The smallest absolute Gasteiger partial charge is 0.0724 e. The number of benzene rings is 2. The molecule has 0 heterocycles. The molecule has 2 rings (SSSR count). The monoisotopic (exact) mass is 367 g/mol. The third-order valence-corrected chi connectivity index (χ3v) is 4.19. The highest BCUT2D eigenvalue weighted by Gasteiger charge is 2.14. The van der Waals surface area contributed by atoms with Crippen LogP contribution in [-0.2, 0) is 0 Å². The first-order valence-electron chi connectivity index (χ1n) is 5.74. The van der Waals surface area contributed by atoms with Crippen LogP contribution in [0, 0.1) is 0 Å². The van der Waals surface area contributed by atoms with E-state index in [0.29, 0.717) is 30.8 Å². The molecule has 0 aliphatic heterocycles. The third-order valence-electron chi connectivity index (χ3n) is 2.79. The van der Waals surface area contributed by atoms with Crippen molar-refractivity contribution in [3.8, 4) is 0 Å². The normalized spacial score (nSPS) is 12.3. The van der Waals surface area contributed by atoms with Crippen LogP contribution in [0.2, 0.25) is 25.1 Å². The van der Waals surface area contributed by atoms with Crippen molar-refractivity contribution in [1.82, 2.24) is 0 Å². The molecule has 0 saturated heterocycles. The van der Waals surface area contributed by atoms with E-state index in [1.807, 2.05) is 6.92 Å². The van der Waals surface area contributed by atoms with Crippen LogP contribution in [0.15, 0.2) is 30.3 Å². The van der Waals surface area contributed by atoms with Gasteiger partial charge in [-0.05, 0) is 42.8 Å². The highest BCUT2D eigenvalue weighted by Crippen LogP contribution is 2.37. The zero-order chi connectivity index (χ0) is 14.9. The Morgan fingerprint density at radius 3 is 2.00 bits per heavy atom. The first-order chi connectivity index (χ1) is 9.38. The van der Waals surface area contributed by atoms with E-state index in [9.17, 15) is 0 Å². The first-order valence-corrected chi connectivity index (χ1v) is 7.63. The number of anilines is 1. The molecule has 0 radical (unpaired) electrons. The van der Waals surface area contributed by atoms with E-state index in [-0.39, 0.29) is 6.04 Å². The summed E-state index contributed by atoms with van der Waals surface area (Å²) < 4.78 is 0. The summed E-state index contributed by atoms with van der Waals surface area (Å²) in [4.78, 5) is 0. The molecule has 0 spiro atoms. The third kappa shape index (κ3) is 3.66. The molecule has 20 heavy (non-hydrogen) atoms. The predicted octanol–water partition coefficient (Wildman–Crippen LogP) is 7.13. The number of rotatable bonds is 3. The minimum atomic E-state index is -0.114. The topological polar surface area (TPSA) is 12.0 Å². The zero-order valence-corrected chi connectivity index (χ0v) is 14.1. The highest BCUT2D eigenvalue weighted by atomic mass is 35.5. The molecule has 106 valence electrons.